The van der Waals surface area contributed by atoms with E-state index >= 15 is 0 Å². The van der Waals surface area contributed by atoms with Crippen LogP contribution in [-0.4, -0.2) is 35.7 Å². The van der Waals surface area contributed by atoms with Crippen LogP contribution < -0.4 is 4.74 Å². The summed E-state index contributed by atoms with van der Waals surface area (Å²) in [7, 11) is 0. The van der Waals surface area contributed by atoms with Crippen LogP contribution in [0.2, 0.25) is 10.0 Å². The molecule has 4 nitrogen and oxygen atoms in total. The summed E-state index contributed by atoms with van der Waals surface area (Å²) in [4.78, 5) is 13.6. The summed E-state index contributed by atoms with van der Waals surface area (Å²) in [6, 6.07) is 8.35. The van der Waals surface area contributed by atoms with Gasteiger partial charge in [0.1, 0.15) is 11.6 Å². The number of nitrogens with zero attached hydrogens (tertiary/aromatic N) is 1. The summed E-state index contributed by atoms with van der Waals surface area (Å²) < 4.78 is 20.3. The highest BCUT2D eigenvalue weighted by Crippen LogP contribution is 2.45. The Morgan fingerprint density at radius 3 is 2.58 bits per heavy atom. The second-order valence-corrected chi connectivity index (χ2v) is 9.15. The molecule has 1 aliphatic carbocycles. The van der Waals surface area contributed by atoms with Gasteiger partial charge in [-0.3, -0.25) is 4.90 Å². The minimum absolute atomic E-state index is 0.123. The maximum atomic E-state index is 14.2. The van der Waals surface area contributed by atoms with Crippen molar-refractivity contribution in [2.45, 2.75) is 31.7 Å². The van der Waals surface area contributed by atoms with Crippen molar-refractivity contribution in [2.75, 3.05) is 19.7 Å². The number of halogens is 3. The summed E-state index contributed by atoms with van der Waals surface area (Å²) in [5.74, 6) is -1.20. The first-order chi connectivity index (χ1) is 14.8. The number of benzene rings is 2. The van der Waals surface area contributed by atoms with Crippen molar-refractivity contribution >= 4 is 29.2 Å². The van der Waals surface area contributed by atoms with Gasteiger partial charge in [-0.2, -0.15) is 0 Å². The second kappa shape index (κ2) is 9.19. The van der Waals surface area contributed by atoms with Gasteiger partial charge in [0.2, 0.25) is 0 Å². The van der Waals surface area contributed by atoms with Crippen LogP contribution in [0.1, 0.15) is 53.2 Å². The van der Waals surface area contributed by atoms with E-state index in [2.05, 4.69) is 24.0 Å². The molecule has 0 bridgehead atoms. The van der Waals surface area contributed by atoms with E-state index in [4.69, 9.17) is 27.9 Å². The Bertz CT molecular complexity index is 1000. The number of carbonyl (C=O) groups is 1. The van der Waals surface area contributed by atoms with Gasteiger partial charge in [-0.15, -0.1) is 0 Å². The lowest BCUT2D eigenvalue weighted by atomic mass is 10.0. The number of ether oxygens (including phenoxy) is 1. The van der Waals surface area contributed by atoms with Crippen LogP contribution in [0, 0.1) is 11.7 Å². The summed E-state index contributed by atoms with van der Waals surface area (Å²) in [5.41, 5.74) is 1.54. The third kappa shape index (κ3) is 5.22. The van der Waals surface area contributed by atoms with E-state index in [0.717, 1.165) is 37.1 Å². The van der Waals surface area contributed by atoms with E-state index in [0.29, 0.717) is 22.4 Å². The molecular formula is C24H24Cl2FNO3. The van der Waals surface area contributed by atoms with Gasteiger partial charge < -0.3 is 9.84 Å². The third-order valence-electron chi connectivity index (χ3n) is 5.93. The zero-order chi connectivity index (χ0) is 22.1. The average molecular weight is 464 g/mol. The Labute approximate surface area is 191 Å². The maximum absolute atomic E-state index is 14.2. The van der Waals surface area contributed by atoms with E-state index < -0.39 is 11.8 Å². The van der Waals surface area contributed by atoms with Gasteiger partial charge in [-0.1, -0.05) is 35.4 Å². The molecule has 2 aliphatic rings. The summed E-state index contributed by atoms with van der Waals surface area (Å²) >= 11 is 12.3. The van der Waals surface area contributed by atoms with Crippen LogP contribution in [-0.2, 0) is 0 Å². The largest absolute Gasteiger partial charge is 0.493 e. The lowest BCUT2D eigenvalue weighted by Gasteiger charge is -2.34. The molecule has 0 spiro atoms. The monoisotopic (exact) mass is 463 g/mol. The standard InChI is InChI=1S/C24H24Cl2FNO3/c1-14(17-7-18(25)9-19(26)8-17)28-6-2-3-15(12-28)13-31-23-11-22(27)21(24(29)30)10-20(23)16-4-5-16/h2-3,7-11,14-16H,4-6,12-13H2,1H3,(H,29,30)/t14?,15-/m0/s1. The zero-order valence-corrected chi connectivity index (χ0v) is 18.7. The van der Waals surface area contributed by atoms with Gasteiger partial charge in [0.15, 0.2) is 0 Å². The van der Waals surface area contributed by atoms with Gasteiger partial charge in [0.05, 0.1) is 12.2 Å². The minimum atomic E-state index is -1.26. The molecule has 2 aromatic rings. The number of carboxylic acids is 1. The van der Waals surface area contributed by atoms with Gasteiger partial charge in [-0.05, 0) is 61.1 Å². The quantitative estimate of drug-likeness (QED) is 0.486. The third-order valence-corrected chi connectivity index (χ3v) is 6.37. The topological polar surface area (TPSA) is 49.8 Å². The van der Waals surface area contributed by atoms with Gasteiger partial charge in [0, 0.05) is 41.2 Å². The lowest BCUT2D eigenvalue weighted by molar-refractivity contribution is 0.0691. The lowest BCUT2D eigenvalue weighted by Crippen LogP contribution is -2.36. The molecule has 4 rings (SSSR count). The van der Waals surface area contributed by atoms with Crippen LogP contribution in [0.4, 0.5) is 4.39 Å². The molecule has 2 aromatic carbocycles. The van der Waals surface area contributed by atoms with E-state index in [-0.39, 0.29) is 23.4 Å². The molecular weight excluding hydrogens is 440 g/mol. The molecule has 0 radical (unpaired) electrons. The van der Waals surface area contributed by atoms with Crippen LogP contribution in [0.15, 0.2) is 42.5 Å². The van der Waals surface area contributed by atoms with E-state index in [1.165, 1.54) is 12.1 Å². The summed E-state index contributed by atoms with van der Waals surface area (Å²) in [6.07, 6.45) is 6.17. The summed E-state index contributed by atoms with van der Waals surface area (Å²) in [5, 5.41) is 10.4. The molecule has 7 heteroatoms. The molecule has 31 heavy (non-hydrogen) atoms. The van der Waals surface area contributed by atoms with Crippen molar-refractivity contribution < 1.29 is 19.0 Å². The minimum Gasteiger partial charge on any atom is -0.493 e. The number of aromatic carboxylic acids is 1. The molecule has 1 unspecified atom stereocenters. The van der Waals surface area contributed by atoms with E-state index in [1.807, 2.05) is 12.1 Å². The van der Waals surface area contributed by atoms with Crippen LogP contribution in [0.5, 0.6) is 5.75 Å². The molecule has 2 atom stereocenters. The van der Waals surface area contributed by atoms with Crippen LogP contribution >= 0.6 is 23.2 Å². The number of rotatable bonds is 7. The fraction of sp³-hybridized carbons (Fsp3) is 0.375. The Hall–Kier alpha value is -2.08. The molecule has 164 valence electrons. The normalized spacial score (nSPS) is 19.9. The number of hydrogen-bond donors (Lipinski definition) is 1. The molecule has 1 saturated carbocycles. The Morgan fingerprint density at radius 1 is 1.23 bits per heavy atom. The highest BCUT2D eigenvalue weighted by molar-refractivity contribution is 6.34. The predicted octanol–water partition coefficient (Wildman–Crippen LogP) is 6.34. The van der Waals surface area contributed by atoms with Crippen molar-refractivity contribution in [3.63, 3.8) is 0 Å². The van der Waals surface area contributed by atoms with Crippen molar-refractivity contribution in [3.05, 3.63) is 75.0 Å². The van der Waals surface area contributed by atoms with Crippen LogP contribution in [0.25, 0.3) is 0 Å². The molecule has 1 fully saturated rings. The average Bonchev–Trinajstić information content (AvgIpc) is 3.56. The highest BCUT2D eigenvalue weighted by Gasteiger charge is 2.30. The number of carboxylic acid groups (broad SMARTS) is 1. The fourth-order valence-corrected chi connectivity index (χ4v) is 4.59. The van der Waals surface area contributed by atoms with Crippen molar-refractivity contribution in [1.82, 2.24) is 4.90 Å². The summed E-state index contributed by atoms with van der Waals surface area (Å²) in [6.45, 7) is 4.08. The highest BCUT2D eigenvalue weighted by atomic mass is 35.5. The fourth-order valence-electron chi connectivity index (χ4n) is 4.05. The first-order valence-corrected chi connectivity index (χ1v) is 11.1. The molecule has 1 heterocycles. The van der Waals surface area contributed by atoms with E-state index in [9.17, 15) is 14.3 Å². The van der Waals surface area contributed by atoms with E-state index in [1.54, 1.807) is 6.07 Å². The van der Waals surface area contributed by atoms with Gasteiger partial charge in [0.25, 0.3) is 0 Å². The van der Waals surface area contributed by atoms with Gasteiger partial charge in [-0.25, -0.2) is 9.18 Å². The Balaban J connectivity index is 1.45. The van der Waals surface area contributed by atoms with Crippen molar-refractivity contribution in [3.8, 4) is 5.75 Å². The second-order valence-electron chi connectivity index (χ2n) is 8.28. The smallest absolute Gasteiger partial charge is 0.338 e. The molecule has 0 amide bonds. The van der Waals surface area contributed by atoms with Gasteiger partial charge >= 0.3 is 5.97 Å². The maximum Gasteiger partial charge on any atom is 0.338 e. The first-order valence-electron chi connectivity index (χ1n) is 10.4. The Kier molecular flexibility index (Phi) is 6.56. The number of hydrogen-bond acceptors (Lipinski definition) is 3. The first kappa shape index (κ1) is 22.1. The van der Waals surface area contributed by atoms with Crippen LogP contribution in [0.3, 0.4) is 0 Å². The Morgan fingerprint density at radius 2 is 1.94 bits per heavy atom. The predicted molar refractivity (Wildman–Crippen MR) is 120 cm³/mol. The zero-order valence-electron chi connectivity index (χ0n) is 17.2. The molecule has 0 aromatic heterocycles. The SMILES string of the molecule is CC(c1cc(Cl)cc(Cl)c1)N1CC=C[C@H](COc2cc(F)c(C(=O)O)cc2C2CC2)C1. The molecule has 1 N–H and O–H groups in total. The molecule has 1 aliphatic heterocycles. The van der Waals surface area contributed by atoms with Crippen molar-refractivity contribution in [2.24, 2.45) is 5.92 Å². The van der Waals surface area contributed by atoms with Crippen molar-refractivity contribution in [1.29, 1.82) is 0 Å². The molecule has 0 saturated heterocycles.